The van der Waals surface area contributed by atoms with Gasteiger partial charge < -0.3 is 9.47 Å². The highest BCUT2D eigenvalue weighted by Crippen LogP contribution is 2.11. The molecule has 0 bridgehead atoms. The first-order chi connectivity index (χ1) is 7.85. The van der Waals surface area contributed by atoms with Crippen LogP contribution in [0.2, 0.25) is 0 Å². The Hall–Kier alpha value is -1.93. The maximum absolute atomic E-state index is 4.98. The van der Waals surface area contributed by atoms with Crippen LogP contribution in [0.4, 0.5) is 0 Å². The van der Waals surface area contributed by atoms with Crippen molar-refractivity contribution >= 4 is 0 Å². The Bertz CT molecular complexity index is 441. The molecule has 8 nitrogen and oxygen atoms in total. The minimum absolute atomic E-state index is 0.416. The van der Waals surface area contributed by atoms with Gasteiger partial charge in [0.25, 0.3) is 6.41 Å². The van der Waals surface area contributed by atoms with E-state index in [1.165, 1.54) is 25.3 Å². The molecule has 0 aliphatic rings. The van der Waals surface area contributed by atoms with Gasteiger partial charge in [0.2, 0.25) is 5.82 Å². The van der Waals surface area contributed by atoms with Crippen molar-refractivity contribution in [2.45, 2.75) is 6.41 Å². The van der Waals surface area contributed by atoms with Crippen LogP contribution in [-0.2, 0) is 9.47 Å². The fourth-order valence-corrected chi connectivity index (χ4v) is 1.13. The van der Waals surface area contributed by atoms with Crippen molar-refractivity contribution in [3.05, 3.63) is 18.7 Å². The second kappa shape index (κ2) is 4.73. The van der Waals surface area contributed by atoms with Crippen molar-refractivity contribution in [2.75, 3.05) is 14.2 Å². The Morgan fingerprint density at radius 2 is 1.88 bits per heavy atom. The second-order valence-electron chi connectivity index (χ2n) is 2.84. The first-order valence-electron chi connectivity index (χ1n) is 4.45. The van der Waals surface area contributed by atoms with Gasteiger partial charge in [0.15, 0.2) is 0 Å². The minimum Gasteiger partial charge on any atom is -0.336 e. The van der Waals surface area contributed by atoms with E-state index in [1.807, 2.05) is 0 Å². The molecule has 0 saturated heterocycles. The third-order valence-electron chi connectivity index (χ3n) is 1.84. The van der Waals surface area contributed by atoms with Crippen molar-refractivity contribution < 1.29 is 9.47 Å². The molecule has 0 N–H and O–H groups in total. The van der Waals surface area contributed by atoms with E-state index < -0.39 is 6.41 Å². The number of rotatable bonds is 4. The average Bonchev–Trinajstić information content (AvgIpc) is 2.81. The summed E-state index contributed by atoms with van der Waals surface area (Å²) in [4.78, 5) is 8.95. The zero-order valence-corrected chi connectivity index (χ0v) is 8.81. The molecule has 0 fully saturated rings. The zero-order valence-electron chi connectivity index (χ0n) is 8.81. The fraction of sp³-hybridized carbons (Fsp3) is 0.375. The number of tetrazole rings is 1. The van der Waals surface area contributed by atoms with Crippen LogP contribution in [0, 0.1) is 0 Å². The first-order valence-corrected chi connectivity index (χ1v) is 4.45. The van der Waals surface area contributed by atoms with Gasteiger partial charge >= 0.3 is 0 Å². The Morgan fingerprint density at radius 3 is 2.50 bits per heavy atom. The van der Waals surface area contributed by atoms with Gasteiger partial charge in [-0.15, -0.1) is 15.0 Å². The van der Waals surface area contributed by atoms with Crippen molar-refractivity contribution in [2.24, 2.45) is 0 Å². The van der Waals surface area contributed by atoms with Gasteiger partial charge in [-0.05, 0) is 5.21 Å². The van der Waals surface area contributed by atoms with Crippen LogP contribution in [0.25, 0.3) is 11.4 Å². The molecule has 2 heterocycles. The van der Waals surface area contributed by atoms with Crippen molar-refractivity contribution in [1.82, 2.24) is 30.2 Å². The molecule has 0 aromatic carbocycles. The van der Waals surface area contributed by atoms with Crippen LogP contribution in [-0.4, -0.2) is 44.4 Å². The molecular weight excluding hydrogens is 212 g/mol. The summed E-state index contributed by atoms with van der Waals surface area (Å²) in [6, 6.07) is 0. The molecular formula is C8H10N6O2. The number of hydrogen-bond acceptors (Lipinski definition) is 7. The van der Waals surface area contributed by atoms with Crippen LogP contribution in [0.1, 0.15) is 6.41 Å². The SMILES string of the molecule is COC(OC)n1nnc(-c2cncnc2)n1. The maximum atomic E-state index is 4.98. The summed E-state index contributed by atoms with van der Waals surface area (Å²) < 4.78 is 9.96. The van der Waals surface area contributed by atoms with E-state index in [4.69, 9.17) is 9.47 Å². The quantitative estimate of drug-likeness (QED) is 0.666. The second-order valence-corrected chi connectivity index (χ2v) is 2.84. The summed E-state index contributed by atoms with van der Waals surface area (Å²) >= 11 is 0. The zero-order chi connectivity index (χ0) is 11.4. The Kier molecular flexibility index (Phi) is 3.13. The van der Waals surface area contributed by atoms with Gasteiger partial charge in [-0.2, -0.15) is 0 Å². The molecule has 84 valence electrons. The van der Waals surface area contributed by atoms with Crippen LogP contribution >= 0.6 is 0 Å². The van der Waals surface area contributed by atoms with Gasteiger partial charge in [0.1, 0.15) is 6.33 Å². The highest BCUT2D eigenvalue weighted by Gasteiger charge is 2.13. The molecule has 8 heteroatoms. The van der Waals surface area contributed by atoms with Crippen molar-refractivity contribution in [1.29, 1.82) is 0 Å². The third kappa shape index (κ3) is 2.02. The summed E-state index contributed by atoms with van der Waals surface area (Å²) in [6.45, 7) is 0. The smallest absolute Gasteiger partial charge is 0.278 e. The molecule has 2 rings (SSSR count). The molecule has 0 saturated carbocycles. The van der Waals surface area contributed by atoms with Gasteiger partial charge in [-0.1, -0.05) is 0 Å². The first kappa shape index (κ1) is 10.6. The molecule has 0 atom stereocenters. The summed E-state index contributed by atoms with van der Waals surface area (Å²) in [5.41, 5.74) is 0.680. The molecule has 0 spiro atoms. The number of ether oxygens (including phenoxy) is 2. The van der Waals surface area contributed by atoms with Gasteiger partial charge in [-0.25, -0.2) is 9.97 Å². The standard InChI is InChI=1S/C8H10N6O2/c1-15-8(16-2)14-12-7(11-13-14)6-3-9-5-10-4-6/h3-5,8H,1-2H3. The predicted molar refractivity (Wildman–Crippen MR) is 51.9 cm³/mol. The van der Waals surface area contributed by atoms with E-state index in [0.29, 0.717) is 11.4 Å². The summed E-state index contributed by atoms with van der Waals surface area (Å²) in [7, 11) is 2.98. The third-order valence-corrected chi connectivity index (χ3v) is 1.84. The van der Waals surface area contributed by atoms with Gasteiger partial charge in [0.05, 0.1) is 5.56 Å². The van der Waals surface area contributed by atoms with Gasteiger partial charge in [-0.3, -0.25) is 0 Å². The fourth-order valence-electron chi connectivity index (χ4n) is 1.13. The topological polar surface area (TPSA) is 87.8 Å². The highest BCUT2D eigenvalue weighted by atomic mass is 16.7. The number of nitrogens with zero attached hydrogens (tertiary/aromatic N) is 6. The largest absolute Gasteiger partial charge is 0.336 e. The molecule has 2 aromatic rings. The lowest BCUT2D eigenvalue weighted by molar-refractivity contribution is -0.171. The average molecular weight is 222 g/mol. The lowest BCUT2D eigenvalue weighted by Gasteiger charge is -2.09. The summed E-state index contributed by atoms with van der Waals surface area (Å²) in [5.74, 6) is 0.416. The Balaban J connectivity index is 2.26. The van der Waals surface area contributed by atoms with E-state index in [2.05, 4.69) is 25.4 Å². The van der Waals surface area contributed by atoms with Crippen LogP contribution < -0.4 is 0 Å². The molecule has 0 amide bonds. The molecule has 16 heavy (non-hydrogen) atoms. The maximum Gasteiger partial charge on any atom is 0.278 e. The van der Waals surface area contributed by atoms with Crippen LogP contribution in [0.3, 0.4) is 0 Å². The Morgan fingerprint density at radius 1 is 1.19 bits per heavy atom. The van der Waals surface area contributed by atoms with Gasteiger partial charge in [0, 0.05) is 26.6 Å². The lowest BCUT2D eigenvalue weighted by Crippen LogP contribution is -2.16. The summed E-state index contributed by atoms with van der Waals surface area (Å²) in [5, 5.41) is 11.7. The number of hydrogen-bond donors (Lipinski definition) is 0. The van der Waals surface area contributed by atoms with Crippen molar-refractivity contribution in [3.63, 3.8) is 0 Å². The number of aromatic nitrogens is 6. The summed E-state index contributed by atoms with van der Waals surface area (Å²) in [6.07, 6.45) is 3.94. The van der Waals surface area contributed by atoms with E-state index in [-0.39, 0.29) is 0 Å². The monoisotopic (exact) mass is 222 g/mol. The lowest BCUT2D eigenvalue weighted by atomic mass is 10.3. The number of methoxy groups -OCH3 is 2. The van der Waals surface area contributed by atoms with Crippen LogP contribution in [0.15, 0.2) is 18.7 Å². The van der Waals surface area contributed by atoms with E-state index >= 15 is 0 Å². The predicted octanol–water partition coefficient (Wildman–Crippen LogP) is -0.121. The van der Waals surface area contributed by atoms with E-state index in [1.54, 1.807) is 12.4 Å². The highest BCUT2D eigenvalue weighted by molar-refractivity contribution is 5.49. The molecule has 2 aromatic heterocycles. The molecule has 0 aliphatic carbocycles. The molecule has 0 radical (unpaired) electrons. The van der Waals surface area contributed by atoms with E-state index in [0.717, 1.165) is 0 Å². The molecule has 0 aliphatic heterocycles. The molecule has 0 unspecified atom stereocenters. The van der Waals surface area contributed by atoms with Crippen LogP contribution in [0.5, 0.6) is 0 Å². The Labute approximate surface area is 91.2 Å². The normalized spacial score (nSPS) is 10.9. The van der Waals surface area contributed by atoms with Crippen molar-refractivity contribution in [3.8, 4) is 11.4 Å². The minimum atomic E-state index is -0.689. The van der Waals surface area contributed by atoms with E-state index in [9.17, 15) is 0 Å².